The minimum atomic E-state index is -1.39. The van der Waals surface area contributed by atoms with Gasteiger partial charge in [0.1, 0.15) is 0 Å². The van der Waals surface area contributed by atoms with Crippen molar-refractivity contribution >= 4 is 17.9 Å². The molecule has 0 radical (unpaired) electrons. The van der Waals surface area contributed by atoms with Crippen molar-refractivity contribution in [2.75, 3.05) is 6.54 Å². The van der Waals surface area contributed by atoms with Crippen LogP contribution in [0.1, 0.15) is 34.1 Å². The van der Waals surface area contributed by atoms with E-state index in [1.807, 2.05) is 0 Å². The molecule has 0 unspecified atom stereocenters. The minimum Gasteiger partial charge on any atom is -0.239 e. The highest BCUT2D eigenvalue weighted by Gasteiger charge is 2.45. The maximum atomic E-state index is 11.8. The van der Waals surface area contributed by atoms with Crippen molar-refractivity contribution in [1.29, 1.82) is 0 Å². The molecule has 7 heteroatoms. The lowest BCUT2D eigenvalue weighted by atomic mass is 10.4. The maximum Gasteiger partial charge on any atom is 0.404 e. The quantitative estimate of drug-likeness (QED) is 0.389. The normalized spacial score (nSPS) is 10.4. The first kappa shape index (κ1) is 19.6. The second-order valence-electron chi connectivity index (χ2n) is 4.81. The lowest BCUT2D eigenvalue weighted by Crippen LogP contribution is -2.52. The molecule has 0 aromatic heterocycles. The Morgan fingerprint density at radius 3 is 1.23 bits per heavy atom. The molecule has 0 fully saturated rings. The summed E-state index contributed by atoms with van der Waals surface area (Å²) in [5.41, 5.74) is 0.157. The van der Waals surface area contributed by atoms with E-state index < -0.39 is 22.9 Å². The Labute approximate surface area is 129 Å². The van der Waals surface area contributed by atoms with Crippen molar-refractivity contribution in [3.63, 3.8) is 0 Å². The van der Waals surface area contributed by atoms with Gasteiger partial charge in [0.15, 0.2) is 0 Å². The fourth-order valence-corrected chi connectivity index (χ4v) is 1.08. The standard InChI is InChI=1S/C15H22NO6/c1-8-9-16(20-13(17)10(2)3,21-14(18)11(4)5)22-15(19)12(6)7/h2,4,6,8-9H2,1,3,5,7H3/q+1. The fraction of sp³-hybridized carbons (Fsp3) is 0.400. The van der Waals surface area contributed by atoms with Gasteiger partial charge in [0.25, 0.3) is 0 Å². The average Bonchev–Trinajstić information content (AvgIpc) is 2.38. The molecule has 0 N–H and O–H groups in total. The molecule has 0 bridgehead atoms. The van der Waals surface area contributed by atoms with Gasteiger partial charge in [0.05, 0.1) is 0 Å². The third kappa shape index (κ3) is 5.92. The lowest BCUT2D eigenvalue weighted by Gasteiger charge is -2.26. The third-order valence-corrected chi connectivity index (χ3v) is 2.21. The van der Waals surface area contributed by atoms with Crippen LogP contribution >= 0.6 is 0 Å². The van der Waals surface area contributed by atoms with Gasteiger partial charge >= 0.3 is 17.9 Å². The molecule has 0 heterocycles. The second kappa shape index (κ2) is 8.14. The molecule has 0 saturated heterocycles. The molecule has 22 heavy (non-hydrogen) atoms. The number of hydroxylamine groups is 3. The smallest absolute Gasteiger partial charge is 0.239 e. The molecule has 7 nitrogen and oxygen atoms in total. The average molecular weight is 312 g/mol. The summed E-state index contributed by atoms with van der Waals surface area (Å²) < 4.78 is 0. The van der Waals surface area contributed by atoms with E-state index in [9.17, 15) is 14.4 Å². The first-order valence-corrected chi connectivity index (χ1v) is 6.61. The molecular formula is C15H22NO6+. The fourth-order valence-electron chi connectivity index (χ4n) is 1.08. The van der Waals surface area contributed by atoms with Gasteiger partial charge < -0.3 is 0 Å². The molecule has 0 atom stereocenters. The van der Waals surface area contributed by atoms with Crippen molar-refractivity contribution in [2.24, 2.45) is 0 Å². The Morgan fingerprint density at radius 2 is 1.05 bits per heavy atom. The third-order valence-electron chi connectivity index (χ3n) is 2.21. The monoisotopic (exact) mass is 312 g/mol. The molecule has 0 aromatic carbocycles. The van der Waals surface area contributed by atoms with E-state index in [2.05, 4.69) is 19.7 Å². The zero-order chi connectivity index (χ0) is 17.5. The summed E-state index contributed by atoms with van der Waals surface area (Å²) in [6, 6.07) is 0. The van der Waals surface area contributed by atoms with E-state index in [1.165, 1.54) is 20.8 Å². The van der Waals surface area contributed by atoms with Crippen molar-refractivity contribution in [3.8, 4) is 0 Å². The Balaban J connectivity index is 5.60. The number of hydrogen-bond donors (Lipinski definition) is 0. The van der Waals surface area contributed by atoms with Crippen LogP contribution in [0.3, 0.4) is 0 Å². The van der Waals surface area contributed by atoms with Crippen LogP contribution in [0.5, 0.6) is 0 Å². The van der Waals surface area contributed by atoms with E-state index in [4.69, 9.17) is 14.5 Å². The molecule has 0 aliphatic carbocycles. The molecule has 0 saturated carbocycles. The largest absolute Gasteiger partial charge is 0.404 e. The number of carbonyl (C=O) groups is 3. The summed E-state index contributed by atoms with van der Waals surface area (Å²) in [5.74, 6) is -2.63. The van der Waals surface area contributed by atoms with Crippen LogP contribution in [0.15, 0.2) is 36.5 Å². The van der Waals surface area contributed by atoms with Crippen LogP contribution < -0.4 is 0 Å². The summed E-state index contributed by atoms with van der Waals surface area (Å²) in [5, 5.41) is 0. The zero-order valence-electron chi connectivity index (χ0n) is 13.4. The molecule has 0 rings (SSSR count). The molecule has 122 valence electrons. The van der Waals surface area contributed by atoms with Crippen LogP contribution in [-0.4, -0.2) is 29.4 Å². The molecule has 0 aliphatic rings. The van der Waals surface area contributed by atoms with Gasteiger partial charge in [0, 0.05) is 23.1 Å². The maximum absolute atomic E-state index is 11.8. The van der Waals surface area contributed by atoms with Gasteiger partial charge in [-0.2, -0.15) is 14.5 Å². The predicted octanol–water partition coefficient (Wildman–Crippen LogP) is 2.32. The number of nitrogens with zero attached hydrogens (tertiary/aromatic N) is 1. The minimum absolute atomic E-state index is 0.0522. The van der Waals surface area contributed by atoms with Crippen LogP contribution in [-0.2, 0) is 28.9 Å². The van der Waals surface area contributed by atoms with Gasteiger partial charge in [-0.1, -0.05) is 26.7 Å². The summed E-state index contributed by atoms with van der Waals surface area (Å²) in [4.78, 5) is 49.0. The first-order valence-electron chi connectivity index (χ1n) is 6.61. The Morgan fingerprint density at radius 1 is 0.773 bits per heavy atom. The van der Waals surface area contributed by atoms with Gasteiger partial charge in [-0.25, -0.2) is 14.4 Å². The lowest BCUT2D eigenvalue weighted by molar-refractivity contribution is -1.34. The van der Waals surface area contributed by atoms with E-state index in [-0.39, 0.29) is 23.3 Å². The Kier molecular flexibility index (Phi) is 7.24. The van der Waals surface area contributed by atoms with E-state index in [0.717, 1.165) is 0 Å². The topological polar surface area (TPSA) is 78.9 Å². The zero-order valence-corrected chi connectivity index (χ0v) is 13.4. The SMILES string of the molecule is C=C(C)C(=O)O[N+](CCC)(OC(=O)C(=C)C)OC(=O)C(=C)C. The molecule has 0 spiro atoms. The van der Waals surface area contributed by atoms with Crippen LogP contribution in [0, 0.1) is 0 Å². The summed E-state index contributed by atoms with van der Waals surface area (Å²) in [6.45, 7) is 16.1. The Bertz CT molecular complexity index is 451. The highest BCUT2D eigenvalue weighted by Crippen LogP contribution is 2.18. The van der Waals surface area contributed by atoms with Gasteiger partial charge in [-0.15, -0.1) is 0 Å². The van der Waals surface area contributed by atoms with Gasteiger partial charge in [-0.05, 0) is 20.8 Å². The van der Waals surface area contributed by atoms with Crippen molar-refractivity contribution in [2.45, 2.75) is 34.1 Å². The molecule has 0 aromatic rings. The van der Waals surface area contributed by atoms with E-state index >= 15 is 0 Å². The predicted molar refractivity (Wildman–Crippen MR) is 78.1 cm³/mol. The summed E-state index contributed by atoms with van der Waals surface area (Å²) in [6.07, 6.45) is 0.385. The van der Waals surface area contributed by atoms with Crippen LogP contribution in [0.25, 0.3) is 0 Å². The van der Waals surface area contributed by atoms with Crippen LogP contribution in [0.4, 0.5) is 0 Å². The molecule has 0 amide bonds. The highest BCUT2D eigenvalue weighted by atomic mass is 17.2. The van der Waals surface area contributed by atoms with Crippen molar-refractivity contribution < 1.29 is 33.9 Å². The second-order valence-corrected chi connectivity index (χ2v) is 4.81. The number of carbonyl (C=O) groups excluding carboxylic acids is 3. The molecule has 0 aliphatic heterocycles. The number of quaternary nitrogens is 1. The first-order chi connectivity index (χ1) is 10.0. The number of hydrogen-bond acceptors (Lipinski definition) is 6. The number of rotatable bonds is 8. The van der Waals surface area contributed by atoms with Crippen LogP contribution in [0.2, 0.25) is 0 Å². The van der Waals surface area contributed by atoms with E-state index in [1.54, 1.807) is 6.92 Å². The van der Waals surface area contributed by atoms with Gasteiger partial charge in [-0.3, -0.25) is 0 Å². The van der Waals surface area contributed by atoms with Gasteiger partial charge in [0.2, 0.25) is 11.5 Å². The molecular weight excluding hydrogens is 290 g/mol. The van der Waals surface area contributed by atoms with Crippen molar-refractivity contribution in [1.82, 2.24) is 0 Å². The summed E-state index contributed by atoms with van der Waals surface area (Å²) in [7, 11) is 0. The van der Waals surface area contributed by atoms with E-state index in [0.29, 0.717) is 6.42 Å². The Hall–Kier alpha value is -2.41. The van der Waals surface area contributed by atoms with Crippen molar-refractivity contribution in [3.05, 3.63) is 36.5 Å². The highest BCUT2D eigenvalue weighted by molar-refractivity contribution is 5.88. The summed E-state index contributed by atoms with van der Waals surface area (Å²) >= 11 is 0.